The van der Waals surface area contributed by atoms with E-state index in [0.717, 1.165) is 34.6 Å². The second-order valence-corrected chi connectivity index (χ2v) is 14.0. The molecule has 0 saturated carbocycles. The predicted molar refractivity (Wildman–Crippen MR) is 228 cm³/mol. The molecule has 1 unspecified atom stereocenters. The van der Waals surface area contributed by atoms with Crippen molar-refractivity contribution in [1.82, 2.24) is 10.6 Å². The molecular formula is C51H37N3. The predicted octanol–water partition coefficient (Wildman–Crippen LogP) is 12.1. The second kappa shape index (κ2) is 13.5. The van der Waals surface area contributed by atoms with Gasteiger partial charge in [0.05, 0.1) is 5.71 Å². The van der Waals surface area contributed by atoms with Gasteiger partial charge in [-0.2, -0.15) is 0 Å². The third-order valence-corrected chi connectivity index (χ3v) is 10.8. The van der Waals surface area contributed by atoms with Crippen molar-refractivity contribution in [2.75, 3.05) is 6.54 Å². The zero-order valence-electron chi connectivity index (χ0n) is 29.7. The summed E-state index contributed by atoms with van der Waals surface area (Å²) in [6, 6.07) is 61.4. The highest BCUT2D eigenvalue weighted by Gasteiger charge is 2.21. The zero-order valence-corrected chi connectivity index (χ0v) is 29.7. The van der Waals surface area contributed by atoms with E-state index in [4.69, 9.17) is 4.99 Å². The van der Waals surface area contributed by atoms with Gasteiger partial charge in [0.1, 0.15) is 6.17 Å². The number of allylic oxidation sites excluding steroid dienone is 3. The Bertz CT molecular complexity index is 2830. The van der Waals surface area contributed by atoms with Crippen LogP contribution in [0.5, 0.6) is 0 Å². The minimum atomic E-state index is -0.248. The van der Waals surface area contributed by atoms with Crippen molar-refractivity contribution in [2.45, 2.75) is 6.17 Å². The lowest BCUT2D eigenvalue weighted by molar-refractivity contribution is 0.664. The molecule has 256 valence electrons. The van der Waals surface area contributed by atoms with Crippen LogP contribution in [0.2, 0.25) is 0 Å². The second-order valence-electron chi connectivity index (χ2n) is 14.0. The van der Waals surface area contributed by atoms with Crippen molar-refractivity contribution < 1.29 is 0 Å². The fourth-order valence-corrected chi connectivity index (χ4v) is 7.99. The number of fused-ring (bicyclic) bond motifs is 3. The molecule has 0 spiro atoms. The van der Waals surface area contributed by atoms with E-state index in [1.165, 1.54) is 65.7 Å². The Morgan fingerprint density at radius 2 is 1.09 bits per heavy atom. The maximum Gasteiger partial charge on any atom is 0.145 e. The van der Waals surface area contributed by atoms with E-state index >= 15 is 0 Å². The van der Waals surface area contributed by atoms with Gasteiger partial charge in [-0.25, -0.2) is 0 Å². The number of nitrogens with zero attached hydrogens (tertiary/aromatic N) is 1. The summed E-state index contributed by atoms with van der Waals surface area (Å²) in [6.45, 7) is 0.830. The van der Waals surface area contributed by atoms with Gasteiger partial charge < -0.3 is 10.6 Å². The molecule has 1 atom stereocenters. The minimum Gasteiger partial charge on any atom is -0.387 e. The lowest BCUT2D eigenvalue weighted by atomic mass is 9.91. The molecule has 54 heavy (non-hydrogen) atoms. The summed E-state index contributed by atoms with van der Waals surface area (Å²) in [4.78, 5) is 5.32. The molecule has 0 aromatic heterocycles. The number of hydrogen-bond acceptors (Lipinski definition) is 3. The monoisotopic (exact) mass is 691 g/mol. The first-order chi connectivity index (χ1) is 26.7. The number of hydrogen-bond donors (Lipinski definition) is 2. The Labute approximate surface area is 315 Å². The maximum absolute atomic E-state index is 5.32. The lowest BCUT2D eigenvalue weighted by Gasteiger charge is -2.25. The average Bonchev–Trinajstić information content (AvgIpc) is 3.26. The zero-order chi connectivity index (χ0) is 35.8. The molecule has 0 aliphatic carbocycles. The van der Waals surface area contributed by atoms with Gasteiger partial charge in [0.15, 0.2) is 0 Å². The molecular weight excluding hydrogens is 655 g/mol. The molecule has 2 N–H and O–H groups in total. The van der Waals surface area contributed by atoms with Crippen molar-refractivity contribution in [3.63, 3.8) is 0 Å². The first-order valence-corrected chi connectivity index (χ1v) is 18.6. The van der Waals surface area contributed by atoms with E-state index in [9.17, 15) is 0 Å². The minimum absolute atomic E-state index is 0.248. The van der Waals surface area contributed by atoms with Crippen molar-refractivity contribution in [1.29, 1.82) is 0 Å². The Morgan fingerprint density at radius 3 is 1.87 bits per heavy atom. The number of benzene rings is 8. The highest BCUT2D eigenvalue weighted by atomic mass is 15.1. The fourth-order valence-electron chi connectivity index (χ4n) is 7.99. The van der Waals surface area contributed by atoms with Crippen molar-refractivity contribution in [3.05, 3.63) is 217 Å². The molecule has 8 aromatic rings. The van der Waals surface area contributed by atoms with Crippen molar-refractivity contribution in [2.24, 2.45) is 4.99 Å². The maximum atomic E-state index is 5.32. The van der Waals surface area contributed by atoms with Crippen molar-refractivity contribution >= 4 is 49.3 Å². The highest BCUT2D eigenvalue weighted by Crippen LogP contribution is 2.36. The van der Waals surface area contributed by atoms with E-state index in [1.54, 1.807) is 0 Å². The standard InChI is InChI=1S/C51H37N3/c1-2-11-40-31-41(27-18-34(40)9-1)50-32-49(53-51(54-50)39-25-21-36(22-26-39)44-17-7-12-35-10-3-4-14-43(35)44)38-23-19-37(20-24-38)45-28-29-46(42-13-8-30-52-33-42)48-16-6-5-15-47(45)48/h1-32,51-53H,33H2. The molecule has 2 aliphatic heterocycles. The van der Waals surface area contributed by atoms with Crippen LogP contribution < -0.4 is 10.6 Å². The number of rotatable bonds is 6. The van der Waals surface area contributed by atoms with Gasteiger partial charge in [0.25, 0.3) is 0 Å². The van der Waals surface area contributed by atoms with Gasteiger partial charge in [0.2, 0.25) is 0 Å². The molecule has 0 bridgehead atoms. The molecule has 2 aliphatic rings. The molecule has 3 nitrogen and oxygen atoms in total. The average molecular weight is 692 g/mol. The molecule has 0 fully saturated rings. The van der Waals surface area contributed by atoms with E-state index < -0.39 is 0 Å². The molecule has 0 radical (unpaired) electrons. The number of dihydropyridines is 1. The van der Waals surface area contributed by atoms with Gasteiger partial charge in [-0.05, 0) is 101 Å². The molecule has 3 heteroatoms. The molecule has 0 saturated heterocycles. The van der Waals surface area contributed by atoms with E-state index in [2.05, 4.69) is 199 Å². The first kappa shape index (κ1) is 31.7. The quantitative estimate of drug-likeness (QED) is 0.182. The van der Waals surface area contributed by atoms with Gasteiger partial charge in [0, 0.05) is 17.8 Å². The Morgan fingerprint density at radius 1 is 0.481 bits per heavy atom. The van der Waals surface area contributed by atoms with E-state index in [1.807, 2.05) is 6.20 Å². The third kappa shape index (κ3) is 5.86. The van der Waals surface area contributed by atoms with Crippen LogP contribution >= 0.6 is 0 Å². The summed E-state index contributed by atoms with van der Waals surface area (Å²) in [7, 11) is 0. The summed E-state index contributed by atoms with van der Waals surface area (Å²) < 4.78 is 0. The lowest BCUT2D eigenvalue weighted by Crippen LogP contribution is -2.24. The van der Waals surface area contributed by atoms with Gasteiger partial charge in [-0.1, -0.05) is 170 Å². The topological polar surface area (TPSA) is 36.4 Å². The Hall–Kier alpha value is -6.97. The third-order valence-electron chi connectivity index (χ3n) is 10.8. The summed E-state index contributed by atoms with van der Waals surface area (Å²) >= 11 is 0. The smallest absolute Gasteiger partial charge is 0.145 e. The van der Waals surface area contributed by atoms with Crippen LogP contribution in [0.4, 0.5) is 0 Å². The molecule has 8 aromatic carbocycles. The van der Waals surface area contributed by atoms with Crippen molar-refractivity contribution in [3.8, 4) is 22.3 Å². The van der Waals surface area contributed by atoms with Crippen LogP contribution in [0.3, 0.4) is 0 Å². The van der Waals surface area contributed by atoms with Crippen LogP contribution in [-0.2, 0) is 0 Å². The van der Waals surface area contributed by atoms with Crippen LogP contribution in [0.1, 0.15) is 28.4 Å². The van der Waals surface area contributed by atoms with Gasteiger partial charge in [-0.3, -0.25) is 4.99 Å². The first-order valence-electron chi connectivity index (χ1n) is 18.6. The van der Waals surface area contributed by atoms with E-state index in [0.29, 0.717) is 0 Å². The molecule has 0 amide bonds. The van der Waals surface area contributed by atoms with Crippen LogP contribution in [0.25, 0.3) is 65.8 Å². The molecule has 2 heterocycles. The largest absolute Gasteiger partial charge is 0.387 e. The SMILES string of the molecule is C1=CNCC(c2ccc(-c3ccc(C4=CC(c5ccc6ccccc6c5)=NC(c5ccc(-c6cccc7ccccc67)cc5)N4)cc3)c3ccccc23)=C1. The van der Waals surface area contributed by atoms with Gasteiger partial charge >= 0.3 is 0 Å². The summed E-state index contributed by atoms with van der Waals surface area (Å²) in [6.07, 6.45) is 8.24. The normalized spacial score (nSPS) is 15.3. The van der Waals surface area contributed by atoms with Crippen LogP contribution in [0.15, 0.2) is 199 Å². The van der Waals surface area contributed by atoms with Crippen LogP contribution in [-0.4, -0.2) is 12.3 Å². The Kier molecular flexibility index (Phi) is 7.96. The Balaban J connectivity index is 1.01. The van der Waals surface area contributed by atoms with E-state index in [-0.39, 0.29) is 6.17 Å². The highest BCUT2D eigenvalue weighted by molar-refractivity contribution is 6.14. The summed E-state index contributed by atoms with van der Waals surface area (Å²) in [5.74, 6) is 0. The number of nitrogens with one attached hydrogen (secondary N) is 2. The van der Waals surface area contributed by atoms with Crippen LogP contribution in [0, 0.1) is 0 Å². The number of aliphatic imine (C=N–C) groups is 1. The molecule has 10 rings (SSSR count). The van der Waals surface area contributed by atoms with Gasteiger partial charge in [-0.15, -0.1) is 0 Å². The fraction of sp³-hybridized carbons (Fsp3) is 0.0392. The summed E-state index contributed by atoms with van der Waals surface area (Å²) in [5, 5.41) is 14.6. The summed E-state index contributed by atoms with van der Waals surface area (Å²) in [5.41, 5.74) is 12.8.